The van der Waals surface area contributed by atoms with Crippen molar-refractivity contribution < 1.29 is 0 Å². The molecule has 1 N–H and O–H groups in total. The van der Waals surface area contributed by atoms with E-state index in [1.54, 1.807) is 0 Å². The third-order valence-corrected chi connectivity index (χ3v) is 1.24. The molecule has 0 bridgehead atoms. The maximum atomic E-state index is 3.17. The van der Waals surface area contributed by atoms with Crippen LogP contribution in [0.4, 0.5) is 0 Å². The highest BCUT2D eigenvalue weighted by Crippen LogP contribution is 2.03. The summed E-state index contributed by atoms with van der Waals surface area (Å²) in [5.41, 5.74) is 0. The summed E-state index contributed by atoms with van der Waals surface area (Å²) in [6, 6.07) is 0.699. The Morgan fingerprint density at radius 3 is 2.57 bits per heavy atom. The van der Waals surface area contributed by atoms with Crippen molar-refractivity contribution in [1.29, 1.82) is 0 Å². The van der Waals surface area contributed by atoms with Gasteiger partial charge in [0.05, 0.1) is 0 Å². The highest BCUT2D eigenvalue weighted by atomic mass is 14.9. The third kappa shape index (κ3) is 0.952. The van der Waals surface area contributed by atoms with Crippen LogP contribution >= 0.6 is 0 Å². The van der Waals surface area contributed by atoms with E-state index in [4.69, 9.17) is 0 Å². The SMILES string of the molecule is CCCC1C=CN1. The van der Waals surface area contributed by atoms with Crippen LogP contribution in [-0.2, 0) is 0 Å². The molecule has 0 spiro atoms. The molecule has 0 fully saturated rings. The molecule has 0 saturated carbocycles. The first kappa shape index (κ1) is 4.69. The second kappa shape index (κ2) is 2.01. The molecule has 1 nitrogen and oxygen atoms in total. The Balaban J connectivity index is 2.06. The highest BCUT2D eigenvalue weighted by molar-refractivity contribution is 5.03. The van der Waals surface area contributed by atoms with Crippen LogP contribution < -0.4 is 5.32 Å². The fourth-order valence-corrected chi connectivity index (χ4v) is 0.723. The van der Waals surface area contributed by atoms with Crippen molar-refractivity contribution >= 4 is 0 Å². The Labute approximate surface area is 44.4 Å². The lowest BCUT2D eigenvalue weighted by Crippen LogP contribution is -2.29. The van der Waals surface area contributed by atoms with E-state index >= 15 is 0 Å². The van der Waals surface area contributed by atoms with Gasteiger partial charge in [-0.05, 0) is 18.7 Å². The number of nitrogens with one attached hydrogen (secondary N) is 1. The van der Waals surface area contributed by atoms with Gasteiger partial charge in [0.25, 0.3) is 0 Å². The molecule has 1 rings (SSSR count). The molecule has 1 unspecified atom stereocenters. The molecule has 0 saturated heterocycles. The fourth-order valence-electron chi connectivity index (χ4n) is 0.723. The molecular formula is C6H11N. The second-order valence-electron chi connectivity index (χ2n) is 1.92. The van der Waals surface area contributed by atoms with E-state index in [0.717, 1.165) is 0 Å². The van der Waals surface area contributed by atoms with Gasteiger partial charge in [-0.1, -0.05) is 13.3 Å². The van der Waals surface area contributed by atoms with Crippen molar-refractivity contribution in [3.8, 4) is 0 Å². The van der Waals surface area contributed by atoms with Crippen LogP contribution in [0.5, 0.6) is 0 Å². The molecule has 1 aliphatic heterocycles. The molecule has 0 aromatic heterocycles. The Bertz CT molecular complexity index is 76.2. The largest absolute Gasteiger partial charge is 0.385 e. The van der Waals surface area contributed by atoms with Gasteiger partial charge in [-0.25, -0.2) is 0 Å². The average Bonchev–Trinajstić information content (AvgIpc) is 1.55. The minimum absolute atomic E-state index is 0.699. The number of hydrogen-bond acceptors (Lipinski definition) is 1. The summed E-state index contributed by atoms with van der Waals surface area (Å²) >= 11 is 0. The fraction of sp³-hybridized carbons (Fsp3) is 0.667. The van der Waals surface area contributed by atoms with Crippen LogP contribution in [0.15, 0.2) is 12.3 Å². The van der Waals surface area contributed by atoms with Gasteiger partial charge in [0.2, 0.25) is 0 Å². The van der Waals surface area contributed by atoms with E-state index in [1.807, 2.05) is 6.20 Å². The van der Waals surface area contributed by atoms with Crippen LogP contribution in [0.2, 0.25) is 0 Å². The second-order valence-corrected chi connectivity index (χ2v) is 1.92. The quantitative estimate of drug-likeness (QED) is 0.547. The minimum atomic E-state index is 0.699. The maximum Gasteiger partial charge on any atom is 0.0455 e. The van der Waals surface area contributed by atoms with E-state index in [0.29, 0.717) is 6.04 Å². The summed E-state index contributed by atoms with van der Waals surface area (Å²) in [5.74, 6) is 0. The monoisotopic (exact) mass is 97.1 g/mol. The Morgan fingerprint density at radius 1 is 1.71 bits per heavy atom. The van der Waals surface area contributed by atoms with Gasteiger partial charge in [0.1, 0.15) is 0 Å². The van der Waals surface area contributed by atoms with Crippen molar-refractivity contribution in [3.63, 3.8) is 0 Å². The molecule has 0 aromatic carbocycles. The van der Waals surface area contributed by atoms with Gasteiger partial charge in [-0.2, -0.15) is 0 Å². The number of hydrogen-bond donors (Lipinski definition) is 1. The molecule has 1 heteroatoms. The van der Waals surface area contributed by atoms with Crippen LogP contribution in [0.25, 0.3) is 0 Å². The molecule has 1 atom stereocenters. The summed E-state index contributed by atoms with van der Waals surface area (Å²) in [6.07, 6.45) is 6.77. The first-order valence-corrected chi connectivity index (χ1v) is 2.86. The lowest BCUT2D eigenvalue weighted by atomic mass is 10.1. The summed E-state index contributed by atoms with van der Waals surface area (Å²) in [7, 11) is 0. The molecular weight excluding hydrogens is 86.1 g/mol. The Morgan fingerprint density at radius 2 is 2.43 bits per heavy atom. The minimum Gasteiger partial charge on any atom is -0.385 e. The van der Waals surface area contributed by atoms with Gasteiger partial charge in [0.15, 0.2) is 0 Å². The van der Waals surface area contributed by atoms with Crippen molar-refractivity contribution in [2.24, 2.45) is 0 Å². The van der Waals surface area contributed by atoms with Crippen LogP contribution in [0.3, 0.4) is 0 Å². The molecule has 7 heavy (non-hydrogen) atoms. The molecule has 0 radical (unpaired) electrons. The predicted octanol–water partition coefficient (Wildman–Crippen LogP) is 1.27. The van der Waals surface area contributed by atoms with E-state index in [1.165, 1.54) is 12.8 Å². The van der Waals surface area contributed by atoms with Gasteiger partial charge >= 0.3 is 0 Å². The zero-order chi connectivity index (χ0) is 5.11. The van der Waals surface area contributed by atoms with Crippen molar-refractivity contribution in [3.05, 3.63) is 12.3 Å². The third-order valence-electron chi connectivity index (χ3n) is 1.24. The highest BCUT2D eigenvalue weighted by Gasteiger charge is 2.04. The van der Waals surface area contributed by atoms with E-state index in [-0.39, 0.29) is 0 Å². The zero-order valence-electron chi connectivity index (χ0n) is 4.65. The molecule has 1 heterocycles. The van der Waals surface area contributed by atoms with Crippen molar-refractivity contribution in [1.82, 2.24) is 5.32 Å². The lowest BCUT2D eigenvalue weighted by Gasteiger charge is -2.18. The van der Waals surface area contributed by atoms with Crippen LogP contribution in [-0.4, -0.2) is 6.04 Å². The number of rotatable bonds is 2. The molecule has 0 amide bonds. The van der Waals surface area contributed by atoms with Crippen LogP contribution in [0, 0.1) is 0 Å². The lowest BCUT2D eigenvalue weighted by molar-refractivity contribution is 0.582. The smallest absolute Gasteiger partial charge is 0.0455 e. The van der Waals surface area contributed by atoms with Crippen molar-refractivity contribution in [2.45, 2.75) is 25.8 Å². The standard InChI is InChI=1S/C6H11N/c1-2-3-6-4-5-7-6/h4-7H,2-3H2,1H3. The normalized spacial score (nSPS) is 26.1. The Hall–Kier alpha value is -0.460. The topological polar surface area (TPSA) is 12.0 Å². The van der Waals surface area contributed by atoms with Gasteiger partial charge < -0.3 is 5.32 Å². The van der Waals surface area contributed by atoms with Crippen molar-refractivity contribution in [2.75, 3.05) is 0 Å². The van der Waals surface area contributed by atoms with Gasteiger partial charge in [-0.15, -0.1) is 0 Å². The average molecular weight is 97.2 g/mol. The van der Waals surface area contributed by atoms with Gasteiger partial charge in [0, 0.05) is 6.04 Å². The Kier molecular flexibility index (Phi) is 1.35. The molecule has 40 valence electrons. The summed E-state index contributed by atoms with van der Waals surface area (Å²) in [6.45, 7) is 2.20. The predicted molar refractivity (Wildman–Crippen MR) is 31.0 cm³/mol. The molecule has 1 aliphatic rings. The van der Waals surface area contributed by atoms with Gasteiger partial charge in [-0.3, -0.25) is 0 Å². The molecule has 0 aromatic rings. The summed E-state index contributed by atoms with van der Waals surface area (Å²) in [5, 5.41) is 3.17. The zero-order valence-corrected chi connectivity index (χ0v) is 4.65. The van der Waals surface area contributed by atoms with Crippen LogP contribution in [0.1, 0.15) is 19.8 Å². The first-order valence-electron chi connectivity index (χ1n) is 2.86. The van der Waals surface area contributed by atoms with E-state index in [2.05, 4.69) is 18.3 Å². The maximum absolute atomic E-state index is 3.17. The van der Waals surface area contributed by atoms with E-state index in [9.17, 15) is 0 Å². The van der Waals surface area contributed by atoms with E-state index < -0.39 is 0 Å². The summed E-state index contributed by atoms with van der Waals surface area (Å²) in [4.78, 5) is 0. The summed E-state index contributed by atoms with van der Waals surface area (Å²) < 4.78 is 0. The first-order chi connectivity index (χ1) is 3.43. The molecule has 0 aliphatic carbocycles.